The molecule has 0 radical (unpaired) electrons. The van der Waals surface area contributed by atoms with Crippen LogP contribution in [0.1, 0.15) is 37.0 Å². The molecule has 0 aliphatic heterocycles. The third-order valence-corrected chi connectivity index (χ3v) is 4.35. The van der Waals surface area contributed by atoms with Gasteiger partial charge in [-0.1, -0.05) is 32.4 Å². The lowest BCUT2D eigenvalue weighted by atomic mass is 9.92. The van der Waals surface area contributed by atoms with Gasteiger partial charge in [0.2, 0.25) is 0 Å². The monoisotopic (exact) mass is 428 g/mol. The molecule has 3 aromatic rings. The SMILES string of the molecule is CC(C)(C)c1cc(NC(=O)Nc2ccc(Oc3ccnc(C(N)=O)c3)cc2Cl)n[nH]1. The summed E-state index contributed by atoms with van der Waals surface area (Å²) in [6.45, 7) is 6.11. The van der Waals surface area contributed by atoms with Crippen LogP contribution in [0.4, 0.5) is 16.3 Å². The largest absolute Gasteiger partial charge is 0.457 e. The molecule has 0 fully saturated rings. The van der Waals surface area contributed by atoms with Gasteiger partial charge in [0.15, 0.2) is 5.82 Å². The Morgan fingerprint density at radius 1 is 1.10 bits per heavy atom. The molecule has 0 spiro atoms. The lowest BCUT2D eigenvalue weighted by Gasteiger charge is -2.14. The predicted molar refractivity (Wildman–Crippen MR) is 114 cm³/mol. The second-order valence-electron chi connectivity index (χ2n) is 7.48. The lowest BCUT2D eigenvalue weighted by molar-refractivity contribution is 0.0995. The number of ether oxygens (including phenoxy) is 1. The zero-order valence-corrected chi connectivity index (χ0v) is 17.4. The first-order valence-electron chi connectivity index (χ1n) is 8.99. The standard InChI is InChI=1S/C20H21ClN6O3/c1-20(2,3)16-10-17(27-26-16)25-19(29)24-14-5-4-11(8-13(14)21)30-12-6-7-23-15(9-12)18(22)28/h4-10H,1-3H3,(H2,22,28)(H3,24,25,26,27,29). The van der Waals surface area contributed by atoms with Crippen molar-refractivity contribution in [3.05, 3.63) is 59.0 Å². The first kappa shape index (κ1) is 21.1. The van der Waals surface area contributed by atoms with Crippen molar-refractivity contribution >= 4 is 35.0 Å². The zero-order chi connectivity index (χ0) is 21.9. The fourth-order valence-corrected chi connectivity index (χ4v) is 2.66. The molecule has 0 aliphatic carbocycles. The third-order valence-electron chi connectivity index (χ3n) is 4.04. The van der Waals surface area contributed by atoms with Crippen molar-refractivity contribution < 1.29 is 14.3 Å². The van der Waals surface area contributed by atoms with E-state index in [1.807, 2.05) is 20.8 Å². The van der Waals surface area contributed by atoms with Crippen molar-refractivity contribution in [3.8, 4) is 11.5 Å². The van der Waals surface area contributed by atoms with E-state index in [0.717, 1.165) is 5.69 Å². The van der Waals surface area contributed by atoms with E-state index in [0.29, 0.717) is 23.0 Å². The van der Waals surface area contributed by atoms with Crippen LogP contribution in [0.25, 0.3) is 0 Å². The van der Waals surface area contributed by atoms with E-state index in [1.165, 1.54) is 18.3 Å². The normalized spacial score (nSPS) is 11.1. The molecule has 9 nitrogen and oxygen atoms in total. The molecule has 3 amide bonds. The summed E-state index contributed by atoms with van der Waals surface area (Å²) in [7, 11) is 0. The minimum atomic E-state index is -0.657. The second kappa shape index (κ2) is 8.42. The van der Waals surface area contributed by atoms with Gasteiger partial charge in [-0.05, 0) is 18.2 Å². The summed E-state index contributed by atoms with van der Waals surface area (Å²) in [5.74, 6) is 0.531. The Bertz CT molecular complexity index is 1090. The van der Waals surface area contributed by atoms with Crippen molar-refractivity contribution in [2.45, 2.75) is 26.2 Å². The number of benzene rings is 1. The average Bonchev–Trinajstić information content (AvgIpc) is 3.13. The average molecular weight is 429 g/mol. The smallest absolute Gasteiger partial charge is 0.324 e. The van der Waals surface area contributed by atoms with Crippen molar-refractivity contribution in [3.63, 3.8) is 0 Å². The number of carbonyl (C=O) groups excluding carboxylic acids is 2. The number of nitrogens with one attached hydrogen (secondary N) is 3. The molecule has 0 saturated carbocycles. The summed E-state index contributed by atoms with van der Waals surface area (Å²) in [5, 5.41) is 12.6. The van der Waals surface area contributed by atoms with Crippen molar-refractivity contribution in [2.75, 3.05) is 10.6 Å². The van der Waals surface area contributed by atoms with Gasteiger partial charge < -0.3 is 15.8 Å². The zero-order valence-electron chi connectivity index (χ0n) is 16.6. The summed E-state index contributed by atoms with van der Waals surface area (Å²) < 4.78 is 5.67. The number of H-pyrrole nitrogens is 1. The highest BCUT2D eigenvalue weighted by Gasteiger charge is 2.17. The lowest BCUT2D eigenvalue weighted by Crippen LogP contribution is -2.19. The quantitative estimate of drug-likeness (QED) is 0.480. The van der Waals surface area contributed by atoms with Crippen LogP contribution in [0.15, 0.2) is 42.6 Å². The fraction of sp³-hybridized carbons (Fsp3) is 0.200. The van der Waals surface area contributed by atoms with Crippen molar-refractivity contribution in [1.82, 2.24) is 15.2 Å². The van der Waals surface area contributed by atoms with Crippen LogP contribution in [0.3, 0.4) is 0 Å². The second-order valence-corrected chi connectivity index (χ2v) is 7.89. The summed E-state index contributed by atoms with van der Waals surface area (Å²) in [4.78, 5) is 27.3. The maximum Gasteiger partial charge on any atom is 0.324 e. The highest BCUT2D eigenvalue weighted by Crippen LogP contribution is 2.30. The van der Waals surface area contributed by atoms with Crippen molar-refractivity contribution in [2.24, 2.45) is 5.73 Å². The van der Waals surface area contributed by atoms with E-state index in [9.17, 15) is 9.59 Å². The number of pyridine rings is 1. The Balaban J connectivity index is 1.65. The number of amides is 3. The van der Waals surface area contributed by atoms with Crippen LogP contribution in [-0.2, 0) is 5.41 Å². The minimum Gasteiger partial charge on any atom is -0.457 e. The molecular formula is C20H21ClN6O3. The molecular weight excluding hydrogens is 408 g/mol. The molecule has 10 heteroatoms. The number of hydrogen-bond acceptors (Lipinski definition) is 5. The number of halogens is 1. The summed E-state index contributed by atoms with van der Waals surface area (Å²) in [6, 6.07) is 9.04. The molecule has 5 N–H and O–H groups in total. The summed E-state index contributed by atoms with van der Waals surface area (Å²) >= 11 is 6.26. The van der Waals surface area contributed by atoms with E-state index < -0.39 is 11.9 Å². The number of hydrogen-bond donors (Lipinski definition) is 4. The van der Waals surface area contributed by atoms with E-state index in [-0.39, 0.29) is 16.1 Å². The Kier molecular flexibility index (Phi) is 5.93. The minimum absolute atomic E-state index is 0.0848. The van der Waals surface area contributed by atoms with Gasteiger partial charge in [-0.15, -0.1) is 0 Å². The van der Waals surface area contributed by atoms with Gasteiger partial charge in [-0.3, -0.25) is 20.2 Å². The van der Waals surface area contributed by atoms with Gasteiger partial charge in [0, 0.05) is 35.5 Å². The van der Waals surface area contributed by atoms with Crippen LogP contribution < -0.4 is 21.1 Å². The first-order chi connectivity index (χ1) is 14.1. The number of nitrogens with zero attached hydrogens (tertiary/aromatic N) is 2. The maximum atomic E-state index is 12.3. The molecule has 0 atom stereocenters. The molecule has 2 aromatic heterocycles. The number of primary amides is 1. The highest BCUT2D eigenvalue weighted by molar-refractivity contribution is 6.34. The predicted octanol–water partition coefficient (Wildman–Crippen LogP) is 4.29. The van der Waals surface area contributed by atoms with Gasteiger partial charge in [0.1, 0.15) is 17.2 Å². The van der Waals surface area contributed by atoms with Crippen LogP contribution in [-0.4, -0.2) is 27.1 Å². The van der Waals surface area contributed by atoms with Crippen molar-refractivity contribution in [1.29, 1.82) is 0 Å². The number of carbonyl (C=O) groups is 2. The highest BCUT2D eigenvalue weighted by atomic mass is 35.5. The molecule has 1 aromatic carbocycles. The number of aromatic amines is 1. The number of aromatic nitrogens is 3. The van der Waals surface area contributed by atoms with Gasteiger partial charge in [-0.25, -0.2) is 4.79 Å². The van der Waals surface area contributed by atoms with Crippen LogP contribution >= 0.6 is 11.6 Å². The number of urea groups is 1. The van der Waals surface area contributed by atoms with E-state index in [1.54, 1.807) is 24.3 Å². The van der Waals surface area contributed by atoms with Crippen LogP contribution in [0.2, 0.25) is 5.02 Å². The Morgan fingerprint density at radius 2 is 1.83 bits per heavy atom. The van der Waals surface area contributed by atoms with Crippen LogP contribution in [0.5, 0.6) is 11.5 Å². The van der Waals surface area contributed by atoms with Gasteiger partial charge in [0.25, 0.3) is 5.91 Å². The summed E-state index contributed by atoms with van der Waals surface area (Å²) in [6.07, 6.45) is 1.41. The molecule has 0 unspecified atom stereocenters. The molecule has 0 bridgehead atoms. The molecule has 2 heterocycles. The Labute approximate surface area is 178 Å². The number of anilines is 2. The van der Waals surface area contributed by atoms with Gasteiger partial charge in [-0.2, -0.15) is 5.10 Å². The summed E-state index contributed by atoms with van der Waals surface area (Å²) in [5.41, 5.74) is 6.47. The van der Waals surface area contributed by atoms with E-state index in [2.05, 4.69) is 25.8 Å². The van der Waals surface area contributed by atoms with E-state index in [4.69, 9.17) is 22.1 Å². The number of nitrogens with two attached hydrogens (primary N) is 1. The Hall–Kier alpha value is -3.59. The van der Waals surface area contributed by atoms with Crippen LogP contribution in [0, 0.1) is 0 Å². The van der Waals surface area contributed by atoms with Gasteiger partial charge in [0.05, 0.1) is 10.7 Å². The topological polar surface area (TPSA) is 135 Å². The fourth-order valence-electron chi connectivity index (χ4n) is 2.45. The first-order valence-corrected chi connectivity index (χ1v) is 9.37. The molecule has 30 heavy (non-hydrogen) atoms. The van der Waals surface area contributed by atoms with E-state index >= 15 is 0 Å². The Morgan fingerprint density at radius 3 is 2.47 bits per heavy atom. The number of rotatable bonds is 5. The molecule has 0 saturated heterocycles. The molecule has 156 valence electrons. The molecule has 0 aliphatic rings. The molecule has 3 rings (SSSR count). The van der Waals surface area contributed by atoms with Gasteiger partial charge >= 0.3 is 6.03 Å². The third kappa shape index (κ3) is 5.26. The maximum absolute atomic E-state index is 12.3.